The zero-order chi connectivity index (χ0) is 14.4. The summed E-state index contributed by atoms with van der Waals surface area (Å²) in [4.78, 5) is 4.35. The van der Waals surface area contributed by atoms with E-state index in [1.165, 1.54) is 4.68 Å². The van der Waals surface area contributed by atoms with Gasteiger partial charge in [-0.1, -0.05) is 23.2 Å². The van der Waals surface area contributed by atoms with E-state index < -0.39 is 0 Å². The molecule has 0 spiro atoms. The van der Waals surface area contributed by atoms with Crippen LogP contribution >= 0.6 is 23.2 Å². The molecule has 0 amide bonds. The van der Waals surface area contributed by atoms with Crippen LogP contribution in [0.5, 0.6) is 5.75 Å². The van der Waals surface area contributed by atoms with E-state index in [1.54, 1.807) is 24.3 Å². The van der Waals surface area contributed by atoms with E-state index in [2.05, 4.69) is 10.1 Å². The molecule has 7 heteroatoms. The van der Waals surface area contributed by atoms with Gasteiger partial charge in [0.25, 0.3) is 0 Å². The SMILES string of the molecule is Cc1cc(N)n(-c2ccc3cc(Cl)c(Cl)c(O)c3n2)n1. The summed E-state index contributed by atoms with van der Waals surface area (Å²) in [7, 11) is 0. The maximum atomic E-state index is 10.0. The number of aromatic hydroxyl groups is 1. The van der Waals surface area contributed by atoms with Crippen molar-refractivity contribution >= 4 is 39.9 Å². The van der Waals surface area contributed by atoms with E-state index in [0.29, 0.717) is 22.5 Å². The second-order valence-corrected chi connectivity index (χ2v) is 5.17. The van der Waals surface area contributed by atoms with Crippen LogP contribution in [0.15, 0.2) is 24.3 Å². The quantitative estimate of drug-likeness (QED) is 0.723. The summed E-state index contributed by atoms with van der Waals surface area (Å²) in [6, 6.07) is 6.90. The summed E-state index contributed by atoms with van der Waals surface area (Å²) >= 11 is 11.8. The van der Waals surface area contributed by atoms with Gasteiger partial charge in [-0.05, 0) is 25.1 Å². The third kappa shape index (κ3) is 1.95. The molecule has 0 radical (unpaired) electrons. The molecule has 3 rings (SSSR count). The van der Waals surface area contributed by atoms with Crippen LogP contribution in [0.2, 0.25) is 10.0 Å². The smallest absolute Gasteiger partial charge is 0.162 e. The summed E-state index contributed by atoms with van der Waals surface area (Å²) < 4.78 is 1.50. The van der Waals surface area contributed by atoms with Crippen LogP contribution in [0, 0.1) is 6.92 Å². The van der Waals surface area contributed by atoms with Crippen molar-refractivity contribution in [3.8, 4) is 11.6 Å². The van der Waals surface area contributed by atoms with Gasteiger partial charge in [0.15, 0.2) is 11.6 Å². The molecular formula is C13H10Cl2N4O. The van der Waals surface area contributed by atoms with Crippen molar-refractivity contribution in [2.45, 2.75) is 6.92 Å². The standard InChI is InChI=1S/C13H10Cl2N4O/c1-6-4-9(16)19(18-6)10-3-2-7-5-8(14)11(15)13(20)12(7)17-10/h2-5,20H,16H2,1H3. The van der Waals surface area contributed by atoms with Crippen LogP contribution in [0.4, 0.5) is 5.82 Å². The second kappa shape index (κ2) is 4.54. The molecule has 2 heterocycles. The number of anilines is 1. The highest BCUT2D eigenvalue weighted by molar-refractivity contribution is 6.44. The van der Waals surface area contributed by atoms with Crippen LogP contribution in [-0.2, 0) is 0 Å². The number of aryl methyl sites for hydroxylation is 1. The van der Waals surface area contributed by atoms with E-state index in [1.807, 2.05) is 6.92 Å². The molecule has 5 nitrogen and oxygen atoms in total. The molecule has 0 bridgehead atoms. The van der Waals surface area contributed by atoms with E-state index in [4.69, 9.17) is 28.9 Å². The number of phenols is 1. The summed E-state index contributed by atoms with van der Waals surface area (Å²) in [5, 5.41) is 15.3. The molecule has 0 aliphatic carbocycles. The molecule has 3 N–H and O–H groups in total. The number of pyridine rings is 1. The number of benzene rings is 1. The molecule has 0 saturated carbocycles. The highest BCUT2D eigenvalue weighted by atomic mass is 35.5. The Hall–Kier alpha value is -1.98. The van der Waals surface area contributed by atoms with Crippen LogP contribution in [0.3, 0.4) is 0 Å². The Morgan fingerprint density at radius 2 is 2.00 bits per heavy atom. The summed E-state index contributed by atoms with van der Waals surface area (Å²) in [5.74, 6) is 0.809. The third-order valence-electron chi connectivity index (χ3n) is 2.91. The molecule has 1 aromatic carbocycles. The second-order valence-electron chi connectivity index (χ2n) is 4.38. The van der Waals surface area contributed by atoms with Crippen molar-refractivity contribution in [3.63, 3.8) is 0 Å². The lowest BCUT2D eigenvalue weighted by molar-refractivity contribution is 0.480. The van der Waals surface area contributed by atoms with Gasteiger partial charge in [0.1, 0.15) is 16.4 Å². The first-order chi connectivity index (χ1) is 9.47. The minimum absolute atomic E-state index is 0.0773. The van der Waals surface area contributed by atoms with Gasteiger partial charge in [-0.2, -0.15) is 9.78 Å². The Kier molecular flexibility index (Phi) is 2.96. The van der Waals surface area contributed by atoms with Crippen LogP contribution < -0.4 is 5.73 Å². The largest absolute Gasteiger partial charge is 0.504 e. The normalized spacial score (nSPS) is 11.2. The Bertz CT molecular complexity index is 829. The Morgan fingerprint density at radius 3 is 2.65 bits per heavy atom. The molecule has 0 fully saturated rings. The number of halogens is 2. The van der Waals surface area contributed by atoms with Gasteiger partial charge in [-0.25, -0.2) is 4.98 Å². The van der Waals surface area contributed by atoms with E-state index >= 15 is 0 Å². The molecule has 3 aromatic rings. The lowest BCUT2D eigenvalue weighted by Gasteiger charge is -2.08. The molecule has 0 aliphatic rings. The fraction of sp³-hybridized carbons (Fsp3) is 0.0769. The van der Waals surface area contributed by atoms with Gasteiger partial charge in [0, 0.05) is 11.5 Å². The molecule has 20 heavy (non-hydrogen) atoms. The zero-order valence-corrected chi connectivity index (χ0v) is 11.9. The molecule has 0 atom stereocenters. The van der Waals surface area contributed by atoms with Crippen LogP contribution in [0.25, 0.3) is 16.7 Å². The number of aromatic nitrogens is 3. The van der Waals surface area contributed by atoms with Crippen molar-refractivity contribution in [2.75, 3.05) is 5.73 Å². The van der Waals surface area contributed by atoms with Gasteiger partial charge in [0.05, 0.1) is 10.7 Å². The van der Waals surface area contributed by atoms with Crippen molar-refractivity contribution < 1.29 is 5.11 Å². The fourth-order valence-corrected chi connectivity index (χ4v) is 2.35. The number of rotatable bonds is 1. The van der Waals surface area contributed by atoms with Crippen molar-refractivity contribution in [1.82, 2.24) is 14.8 Å². The molecule has 2 aromatic heterocycles. The number of hydrogen-bond donors (Lipinski definition) is 2. The van der Waals surface area contributed by atoms with E-state index in [-0.39, 0.29) is 15.8 Å². The zero-order valence-electron chi connectivity index (χ0n) is 10.4. The van der Waals surface area contributed by atoms with E-state index in [0.717, 1.165) is 5.69 Å². The lowest BCUT2D eigenvalue weighted by Crippen LogP contribution is -2.04. The number of nitrogen functional groups attached to an aromatic ring is 1. The lowest BCUT2D eigenvalue weighted by atomic mass is 10.2. The van der Waals surface area contributed by atoms with Crippen molar-refractivity contribution in [3.05, 3.63) is 40.0 Å². The highest BCUT2D eigenvalue weighted by Gasteiger charge is 2.13. The Morgan fingerprint density at radius 1 is 1.25 bits per heavy atom. The summed E-state index contributed by atoms with van der Waals surface area (Å²) in [6.45, 7) is 1.84. The van der Waals surface area contributed by atoms with Gasteiger partial charge in [0.2, 0.25) is 0 Å². The van der Waals surface area contributed by atoms with Crippen LogP contribution in [-0.4, -0.2) is 19.9 Å². The third-order valence-corrected chi connectivity index (χ3v) is 3.69. The van der Waals surface area contributed by atoms with E-state index in [9.17, 15) is 5.11 Å². The first kappa shape index (κ1) is 13.0. The fourth-order valence-electron chi connectivity index (χ4n) is 2.00. The molecule has 0 saturated heterocycles. The van der Waals surface area contributed by atoms with Gasteiger partial charge >= 0.3 is 0 Å². The topological polar surface area (TPSA) is 77.0 Å². The van der Waals surface area contributed by atoms with Gasteiger partial charge in [-0.3, -0.25) is 0 Å². The predicted molar refractivity (Wildman–Crippen MR) is 79.7 cm³/mol. The average Bonchev–Trinajstić information content (AvgIpc) is 2.75. The Balaban J connectivity index is 2.28. The van der Waals surface area contributed by atoms with Crippen molar-refractivity contribution in [2.24, 2.45) is 0 Å². The predicted octanol–water partition coefficient (Wildman–Crippen LogP) is 3.32. The number of phenolic OH excluding ortho intramolecular Hbond substituents is 1. The monoisotopic (exact) mass is 308 g/mol. The highest BCUT2D eigenvalue weighted by Crippen LogP contribution is 2.37. The molecule has 0 aliphatic heterocycles. The maximum Gasteiger partial charge on any atom is 0.162 e. The average molecular weight is 309 g/mol. The van der Waals surface area contributed by atoms with Gasteiger partial charge < -0.3 is 10.8 Å². The number of nitrogens with two attached hydrogens (primary N) is 1. The summed E-state index contributed by atoms with van der Waals surface area (Å²) in [5.41, 5.74) is 6.99. The minimum Gasteiger partial charge on any atom is -0.504 e. The molecule has 0 unspecified atom stereocenters. The minimum atomic E-state index is -0.154. The first-order valence-electron chi connectivity index (χ1n) is 5.77. The van der Waals surface area contributed by atoms with Crippen molar-refractivity contribution in [1.29, 1.82) is 0 Å². The number of fused-ring (bicyclic) bond motifs is 1. The Labute approximate surface area is 124 Å². The van der Waals surface area contributed by atoms with Crippen LogP contribution in [0.1, 0.15) is 5.69 Å². The summed E-state index contributed by atoms with van der Waals surface area (Å²) in [6.07, 6.45) is 0. The molecule has 102 valence electrons. The molecular weight excluding hydrogens is 299 g/mol. The number of nitrogens with zero attached hydrogens (tertiary/aromatic N) is 3. The van der Waals surface area contributed by atoms with Gasteiger partial charge in [-0.15, -0.1) is 0 Å². The maximum absolute atomic E-state index is 10.0. The number of hydrogen-bond acceptors (Lipinski definition) is 4. The first-order valence-corrected chi connectivity index (χ1v) is 6.53.